The molecule has 0 bridgehead atoms. The molecule has 0 radical (unpaired) electrons. The molecule has 0 aliphatic heterocycles. The molecule has 0 saturated heterocycles. The summed E-state index contributed by atoms with van der Waals surface area (Å²) in [6.07, 6.45) is 4.92. The highest BCUT2D eigenvalue weighted by Crippen LogP contribution is 1.98. The summed E-state index contributed by atoms with van der Waals surface area (Å²) in [7, 11) is -3.12. The molecule has 0 aromatic heterocycles. The van der Waals surface area contributed by atoms with E-state index in [1.54, 1.807) is 0 Å². The van der Waals surface area contributed by atoms with Gasteiger partial charge in [-0.2, -0.15) is 0 Å². The number of hydrogen-bond donors (Lipinski definition) is 1. The van der Waals surface area contributed by atoms with Crippen molar-refractivity contribution >= 4 is 9.84 Å². The van der Waals surface area contributed by atoms with Crippen LogP contribution < -0.4 is 5.73 Å². The van der Waals surface area contributed by atoms with Gasteiger partial charge in [-0.05, 0) is 6.92 Å². The topological polar surface area (TPSA) is 60.2 Å². The zero-order valence-corrected chi connectivity index (χ0v) is 6.69. The van der Waals surface area contributed by atoms with Crippen molar-refractivity contribution in [3.05, 3.63) is 0 Å². The van der Waals surface area contributed by atoms with Gasteiger partial charge in [0, 0.05) is 6.54 Å². The van der Waals surface area contributed by atoms with Gasteiger partial charge < -0.3 is 5.73 Å². The van der Waals surface area contributed by atoms with Gasteiger partial charge in [-0.1, -0.05) is 5.92 Å². The van der Waals surface area contributed by atoms with Gasteiger partial charge in [-0.15, -0.1) is 6.42 Å². The van der Waals surface area contributed by atoms with Gasteiger partial charge in [-0.25, -0.2) is 8.42 Å². The normalized spacial score (nSPS) is 14.1. The van der Waals surface area contributed by atoms with E-state index >= 15 is 0 Å². The third-order valence-electron chi connectivity index (χ3n) is 1.18. The van der Waals surface area contributed by atoms with Gasteiger partial charge in [0.15, 0.2) is 9.84 Å². The quantitative estimate of drug-likeness (QED) is 0.561. The molecule has 4 heteroatoms. The molecule has 3 nitrogen and oxygen atoms in total. The molecule has 58 valence electrons. The SMILES string of the molecule is C#CC(C)S(=O)(=O)CCN. The standard InChI is InChI=1S/C6H11NO2S/c1-3-6(2)10(8,9)5-4-7/h1,6H,4-5,7H2,2H3. The van der Waals surface area contributed by atoms with Gasteiger partial charge in [0.25, 0.3) is 0 Å². The molecule has 0 aliphatic carbocycles. The molecule has 0 aromatic rings. The maximum absolute atomic E-state index is 10.9. The van der Waals surface area contributed by atoms with Crippen molar-refractivity contribution in [2.75, 3.05) is 12.3 Å². The van der Waals surface area contributed by atoms with Crippen LogP contribution in [-0.2, 0) is 9.84 Å². The zero-order chi connectivity index (χ0) is 8.20. The van der Waals surface area contributed by atoms with Gasteiger partial charge in [0.1, 0.15) is 5.25 Å². The van der Waals surface area contributed by atoms with Crippen molar-refractivity contribution in [1.82, 2.24) is 0 Å². The van der Waals surface area contributed by atoms with Crippen LogP contribution >= 0.6 is 0 Å². The average Bonchev–Trinajstić information content (AvgIpc) is 1.86. The van der Waals surface area contributed by atoms with E-state index in [2.05, 4.69) is 5.92 Å². The summed E-state index contributed by atoms with van der Waals surface area (Å²) in [5.74, 6) is 2.12. The fourth-order valence-corrected chi connectivity index (χ4v) is 1.33. The Labute approximate surface area is 61.5 Å². The van der Waals surface area contributed by atoms with Crippen molar-refractivity contribution in [3.63, 3.8) is 0 Å². The second kappa shape index (κ2) is 3.59. The molecule has 0 saturated carbocycles. The van der Waals surface area contributed by atoms with Crippen LogP contribution in [0, 0.1) is 12.3 Å². The molecule has 0 spiro atoms. The minimum atomic E-state index is -3.12. The molecule has 0 aromatic carbocycles. The molecule has 2 N–H and O–H groups in total. The summed E-state index contributed by atoms with van der Waals surface area (Å²) in [6, 6.07) is 0. The van der Waals surface area contributed by atoms with Crippen LogP contribution in [0.3, 0.4) is 0 Å². The number of rotatable bonds is 3. The largest absolute Gasteiger partial charge is 0.329 e. The summed E-state index contributed by atoms with van der Waals surface area (Å²) < 4.78 is 21.9. The number of hydrogen-bond acceptors (Lipinski definition) is 3. The smallest absolute Gasteiger partial charge is 0.165 e. The Morgan fingerprint density at radius 3 is 2.50 bits per heavy atom. The predicted octanol–water partition coefficient (Wildman–Crippen LogP) is -0.618. The summed E-state index contributed by atoms with van der Waals surface area (Å²) in [5, 5.41) is -0.712. The second-order valence-electron chi connectivity index (χ2n) is 1.96. The molecule has 1 atom stereocenters. The molecule has 0 aliphatic rings. The van der Waals surface area contributed by atoms with Crippen LogP contribution in [0.15, 0.2) is 0 Å². The van der Waals surface area contributed by atoms with Crippen LogP contribution in [0.25, 0.3) is 0 Å². The minimum Gasteiger partial charge on any atom is -0.329 e. The van der Waals surface area contributed by atoms with Gasteiger partial charge in [0.2, 0.25) is 0 Å². The maximum atomic E-state index is 10.9. The van der Waals surface area contributed by atoms with E-state index in [1.807, 2.05) is 0 Å². The summed E-state index contributed by atoms with van der Waals surface area (Å²) in [6.45, 7) is 1.61. The Balaban J connectivity index is 4.30. The third kappa shape index (κ3) is 2.38. The molecule has 0 amide bonds. The number of terminal acetylenes is 1. The summed E-state index contributed by atoms with van der Waals surface area (Å²) in [4.78, 5) is 0. The number of sulfone groups is 1. The van der Waals surface area contributed by atoms with E-state index in [0.29, 0.717) is 0 Å². The maximum Gasteiger partial charge on any atom is 0.165 e. The summed E-state index contributed by atoms with van der Waals surface area (Å²) >= 11 is 0. The van der Waals surface area contributed by atoms with E-state index < -0.39 is 15.1 Å². The lowest BCUT2D eigenvalue weighted by Crippen LogP contribution is -2.24. The second-order valence-corrected chi connectivity index (χ2v) is 4.41. The Kier molecular flexibility index (Phi) is 3.40. The van der Waals surface area contributed by atoms with Crippen LogP contribution in [0.2, 0.25) is 0 Å². The lowest BCUT2D eigenvalue weighted by Gasteiger charge is -2.03. The average molecular weight is 161 g/mol. The Morgan fingerprint density at radius 1 is 1.70 bits per heavy atom. The fraction of sp³-hybridized carbons (Fsp3) is 0.667. The molecule has 1 unspecified atom stereocenters. The first-order valence-corrected chi connectivity index (χ1v) is 4.64. The predicted molar refractivity (Wildman–Crippen MR) is 41.1 cm³/mol. The highest BCUT2D eigenvalue weighted by atomic mass is 32.2. The van der Waals surface area contributed by atoms with E-state index in [4.69, 9.17) is 12.2 Å². The van der Waals surface area contributed by atoms with E-state index in [0.717, 1.165) is 0 Å². The van der Waals surface area contributed by atoms with Crippen LogP contribution in [0.5, 0.6) is 0 Å². The zero-order valence-electron chi connectivity index (χ0n) is 5.87. The van der Waals surface area contributed by atoms with Crippen LogP contribution in [-0.4, -0.2) is 26.0 Å². The first-order chi connectivity index (χ1) is 4.54. The van der Waals surface area contributed by atoms with Crippen molar-refractivity contribution in [3.8, 4) is 12.3 Å². The van der Waals surface area contributed by atoms with E-state index in [9.17, 15) is 8.42 Å². The Hall–Kier alpha value is -0.530. The van der Waals surface area contributed by atoms with Gasteiger partial charge in [-0.3, -0.25) is 0 Å². The Bertz CT molecular complexity index is 225. The molecule has 0 fully saturated rings. The van der Waals surface area contributed by atoms with Gasteiger partial charge in [0.05, 0.1) is 5.75 Å². The minimum absolute atomic E-state index is 0.0294. The first-order valence-electron chi connectivity index (χ1n) is 2.92. The molecule has 0 heterocycles. The van der Waals surface area contributed by atoms with Crippen molar-refractivity contribution in [2.45, 2.75) is 12.2 Å². The first kappa shape index (κ1) is 9.47. The highest BCUT2D eigenvalue weighted by Gasteiger charge is 2.16. The molecular formula is C6H11NO2S. The van der Waals surface area contributed by atoms with E-state index in [-0.39, 0.29) is 12.3 Å². The fourth-order valence-electron chi connectivity index (χ4n) is 0.445. The monoisotopic (exact) mass is 161 g/mol. The number of nitrogens with two attached hydrogens (primary N) is 1. The van der Waals surface area contributed by atoms with Crippen molar-refractivity contribution in [1.29, 1.82) is 0 Å². The van der Waals surface area contributed by atoms with Crippen molar-refractivity contribution in [2.24, 2.45) is 5.73 Å². The van der Waals surface area contributed by atoms with E-state index in [1.165, 1.54) is 6.92 Å². The van der Waals surface area contributed by atoms with Gasteiger partial charge >= 0.3 is 0 Å². The van der Waals surface area contributed by atoms with Crippen LogP contribution in [0.4, 0.5) is 0 Å². The highest BCUT2D eigenvalue weighted by molar-refractivity contribution is 7.92. The third-order valence-corrected chi connectivity index (χ3v) is 3.19. The lowest BCUT2D eigenvalue weighted by atomic mass is 10.5. The molecule has 0 rings (SSSR count). The van der Waals surface area contributed by atoms with Crippen molar-refractivity contribution < 1.29 is 8.42 Å². The Morgan fingerprint density at radius 2 is 2.20 bits per heavy atom. The summed E-state index contributed by atoms with van der Waals surface area (Å²) in [5.41, 5.74) is 5.06. The molecule has 10 heavy (non-hydrogen) atoms. The molecular weight excluding hydrogens is 150 g/mol. The lowest BCUT2D eigenvalue weighted by molar-refractivity contribution is 0.592. The van der Waals surface area contributed by atoms with Crippen LogP contribution in [0.1, 0.15) is 6.92 Å².